The maximum Gasteiger partial charge on any atom is 0.161 e. The zero-order valence-corrected chi connectivity index (χ0v) is 27.9. The first-order chi connectivity index (χ1) is 21.1. The molecule has 4 atom stereocenters. The van der Waals surface area contributed by atoms with Crippen LogP contribution in [0.25, 0.3) is 0 Å². The van der Waals surface area contributed by atoms with Crippen LogP contribution in [0.3, 0.4) is 0 Å². The van der Waals surface area contributed by atoms with Gasteiger partial charge in [-0.2, -0.15) is 0 Å². The van der Waals surface area contributed by atoms with Crippen LogP contribution in [0.4, 0.5) is 0 Å². The molecule has 0 saturated heterocycles. The van der Waals surface area contributed by atoms with Crippen molar-refractivity contribution in [1.82, 2.24) is 10.6 Å². The molecule has 43 heavy (non-hydrogen) atoms. The third-order valence-electron chi connectivity index (χ3n) is 9.93. The van der Waals surface area contributed by atoms with Gasteiger partial charge in [0.25, 0.3) is 0 Å². The lowest BCUT2D eigenvalue weighted by Gasteiger charge is -2.35. The van der Waals surface area contributed by atoms with E-state index in [0.29, 0.717) is 23.9 Å². The Morgan fingerprint density at radius 3 is 1.30 bits per heavy atom. The Bertz CT molecular complexity index is 1050. The van der Waals surface area contributed by atoms with Crippen molar-refractivity contribution in [2.45, 2.75) is 109 Å². The van der Waals surface area contributed by atoms with Gasteiger partial charge in [0, 0.05) is 12.1 Å². The Kier molecular flexibility index (Phi) is 13.3. The first kappa shape index (κ1) is 33.5. The summed E-state index contributed by atoms with van der Waals surface area (Å²) in [4.78, 5) is 0. The quantitative estimate of drug-likeness (QED) is 0.169. The van der Waals surface area contributed by atoms with Crippen molar-refractivity contribution >= 4 is 0 Å². The minimum atomic E-state index is 0.391. The van der Waals surface area contributed by atoms with Crippen LogP contribution in [0.1, 0.15) is 119 Å². The van der Waals surface area contributed by atoms with E-state index in [9.17, 15) is 0 Å². The zero-order valence-electron chi connectivity index (χ0n) is 27.9. The molecule has 2 aromatic rings. The van der Waals surface area contributed by atoms with Gasteiger partial charge >= 0.3 is 0 Å². The van der Waals surface area contributed by atoms with E-state index in [1.54, 1.807) is 28.4 Å². The molecular formula is C37H58N2O4. The molecule has 6 nitrogen and oxygen atoms in total. The highest BCUT2D eigenvalue weighted by molar-refractivity contribution is 5.50. The molecule has 0 spiro atoms. The van der Waals surface area contributed by atoms with Crippen molar-refractivity contribution in [2.75, 3.05) is 41.5 Å². The maximum absolute atomic E-state index is 5.70. The maximum atomic E-state index is 5.70. The van der Waals surface area contributed by atoms with Gasteiger partial charge in [-0.05, 0) is 110 Å². The molecule has 2 aliphatic rings. The number of hydrogen-bond donors (Lipinski definition) is 2. The van der Waals surface area contributed by atoms with Gasteiger partial charge in [0.1, 0.15) is 0 Å². The molecule has 2 aromatic carbocycles. The van der Waals surface area contributed by atoms with E-state index in [0.717, 1.165) is 48.9 Å². The second-order valence-corrected chi connectivity index (χ2v) is 12.6. The van der Waals surface area contributed by atoms with E-state index in [-0.39, 0.29) is 0 Å². The van der Waals surface area contributed by atoms with Gasteiger partial charge in [0.2, 0.25) is 0 Å². The van der Waals surface area contributed by atoms with Crippen LogP contribution in [-0.4, -0.2) is 41.5 Å². The Morgan fingerprint density at radius 1 is 0.558 bits per heavy atom. The summed E-state index contributed by atoms with van der Waals surface area (Å²) in [5.41, 5.74) is 5.66. The number of nitrogens with one attached hydrogen (secondary N) is 2. The van der Waals surface area contributed by atoms with Crippen LogP contribution < -0.4 is 29.6 Å². The van der Waals surface area contributed by atoms with Crippen LogP contribution in [-0.2, 0) is 12.8 Å². The zero-order chi connectivity index (χ0) is 30.6. The lowest BCUT2D eigenvalue weighted by Crippen LogP contribution is -2.35. The molecule has 4 unspecified atom stereocenters. The topological polar surface area (TPSA) is 61.0 Å². The van der Waals surface area contributed by atoms with Crippen molar-refractivity contribution in [2.24, 2.45) is 11.8 Å². The van der Waals surface area contributed by atoms with Crippen LogP contribution in [0.15, 0.2) is 24.3 Å². The average molecular weight is 595 g/mol. The molecule has 2 N–H and O–H groups in total. The molecule has 0 fully saturated rings. The van der Waals surface area contributed by atoms with Crippen LogP contribution in [0, 0.1) is 11.8 Å². The lowest BCUT2D eigenvalue weighted by atomic mass is 9.79. The van der Waals surface area contributed by atoms with E-state index >= 15 is 0 Å². The Morgan fingerprint density at radius 2 is 0.930 bits per heavy atom. The first-order valence-electron chi connectivity index (χ1n) is 17.0. The summed E-state index contributed by atoms with van der Waals surface area (Å²) >= 11 is 0. The van der Waals surface area contributed by atoms with Gasteiger partial charge in [0.05, 0.1) is 28.4 Å². The number of hydrogen-bond acceptors (Lipinski definition) is 6. The number of ether oxygens (including phenoxy) is 4. The molecule has 0 amide bonds. The molecule has 2 heterocycles. The Labute approximate surface area is 261 Å². The normalized spacial score (nSPS) is 19.2. The molecule has 6 heteroatoms. The highest BCUT2D eigenvalue weighted by Crippen LogP contribution is 2.42. The highest BCUT2D eigenvalue weighted by atomic mass is 16.5. The molecule has 0 bridgehead atoms. The Hall–Kier alpha value is -2.44. The summed E-state index contributed by atoms with van der Waals surface area (Å²) in [5, 5.41) is 7.80. The third-order valence-corrected chi connectivity index (χ3v) is 9.93. The van der Waals surface area contributed by atoms with Crippen LogP contribution in [0.2, 0.25) is 0 Å². The standard InChI is InChI=1S/C37H58N2O4/c1-7-9-14-26(36-30-24-34(42-5)32(40-3)22-28(30)18-20-38-36)16-12-11-13-17-27(15-10-8-2)37-31-25-35(43-6)33(41-4)23-29(31)19-21-39-37/h22-27,36-39H,7-21H2,1-6H3. The van der Waals surface area contributed by atoms with Gasteiger partial charge in [0.15, 0.2) is 23.0 Å². The smallest absolute Gasteiger partial charge is 0.161 e. The monoisotopic (exact) mass is 594 g/mol. The molecule has 0 saturated carbocycles. The summed E-state index contributed by atoms with van der Waals surface area (Å²) < 4.78 is 22.6. The second kappa shape index (κ2) is 17.2. The average Bonchev–Trinajstić information content (AvgIpc) is 3.05. The third kappa shape index (κ3) is 8.39. The highest BCUT2D eigenvalue weighted by Gasteiger charge is 2.30. The summed E-state index contributed by atoms with van der Waals surface area (Å²) in [6, 6.07) is 9.67. The molecule has 0 aliphatic carbocycles. The van der Waals surface area contributed by atoms with Crippen molar-refractivity contribution in [1.29, 1.82) is 0 Å². The van der Waals surface area contributed by atoms with Gasteiger partial charge < -0.3 is 29.6 Å². The fourth-order valence-corrected chi connectivity index (χ4v) is 7.55. The van der Waals surface area contributed by atoms with Gasteiger partial charge in [-0.15, -0.1) is 0 Å². The molecule has 240 valence electrons. The number of fused-ring (bicyclic) bond motifs is 2. The number of benzene rings is 2. The number of unbranched alkanes of at least 4 members (excludes halogenated alkanes) is 4. The molecule has 0 aromatic heterocycles. The summed E-state index contributed by atoms with van der Waals surface area (Å²) in [7, 11) is 6.95. The summed E-state index contributed by atoms with van der Waals surface area (Å²) in [6.07, 6.45) is 16.1. The summed E-state index contributed by atoms with van der Waals surface area (Å²) in [6.45, 7) is 6.68. The van der Waals surface area contributed by atoms with E-state index < -0.39 is 0 Å². The largest absolute Gasteiger partial charge is 0.493 e. The molecular weight excluding hydrogens is 536 g/mol. The molecule has 2 aliphatic heterocycles. The minimum absolute atomic E-state index is 0.391. The van der Waals surface area contributed by atoms with E-state index in [4.69, 9.17) is 18.9 Å². The van der Waals surface area contributed by atoms with Crippen molar-refractivity contribution in [3.63, 3.8) is 0 Å². The van der Waals surface area contributed by atoms with Gasteiger partial charge in [-0.25, -0.2) is 0 Å². The fraction of sp³-hybridized carbons (Fsp3) is 0.676. The molecule has 4 rings (SSSR count). The SMILES string of the molecule is CCCCC(CCCCCC(CCCC)C1NCCc2cc(OC)c(OC)cc21)C1NCCc2cc(OC)c(OC)cc21. The van der Waals surface area contributed by atoms with Crippen molar-refractivity contribution in [3.05, 3.63) is 46.5 Å². The first-order valence-corrected chi connectivity index (χ1v) is 17.0. The number of rotatable bonds is 18. The Balaban J connectivity index is 1.40. The van der Waals surface area contributed by atoms with E-state index in [1.807, 2.05) is 0 Å². The minimum Gasteiger partial charge on any atom is -0.493 e. The van der Waals surface area contributed by atoms with Crippen molar-refractivity contribution < 1.29 is 18.9 Å². The number of methoxy groups -OCH3 is 4. The van der Waals surface area contributed by atoms with Crippen LogP contribution in [0.5, 0.6) is 23.0 Å². The fourth-order valence-electron chi connectivity index (χ4n) is 7.55. The van der Waals surface area contributed by atoms with Crippen molar-refractivity contribution in [3.8, 4) is 23.0 Å². The molecule has 0 radical (unpaired) electrons. The second-order valence-electron chi connectivity index (χ2n) is 12.6. The lowest BCUT2D eigenvalue weighted by molar-refractivity contribution is 0.278. The summed E-state index contributed by atoms with van der Waals surface area (Å²) in [5.74, 6) is 4.66. The van der Waals surface area contributed by atoms with Gasteiger partial charge in [-0.3, -0.25) is 0 Å². The predicted molar refractivity (Wildman–Crippen MR) is 177 cm³/mol. The van der Waals surface area contributed by atoms with E-state index in [2.05, 4.69) is 48.7 Å². The van der Waals surface area contributed by atoms with Crippen LogP contribution >= 0.6 is 0 Å². The van der Waals surface area contributed by atoms with E-state index in [1.165, 1.54) is 92.9 Å². The predicted octanol–water partition coefficient (Wildman–Crippen LogP) is 8.36. The van der Waals surface area contributed by atoms with Gasteiger partial charge in [-0.1, -0.05) is 58.8 Å².